The van der Waals surface area contributed by atoms with E-state index in [9.17, 15) is 0 Å². The molecule has 1 aromatic carbocycles. The van der Waals surface area contributed by atoms with Gasteiger partial charge in [0.1, 0.15) is 0 Å². The summed E-state index contributed by atoms with van der Waals surface area (Å²) in [6, 6.07) is 8.30. The van der Waals surface area contributed by atoms with Gasteiger partial charge in [-0.2, -0.15) is 0 Å². The first-order valence-electron chi connectivity index (χ1n) is 3.89. The van der Waals surface area contributed by atoms with Crippen LogP contribution in [0.25, 0.3) is 0 Å². The van der Waals surface area contributed by atoms with Crippen molar-refractivity contribution in [2.45, 2.75) is 6.42 Å². The molecule has 1 nitrogen and oxygen atoms in total. The minimum Gasteiger partial charge on any atom is -0.358 e. The highest BCUT2D eigenvalue weighted by atomic mass is 32.1. The van der Waals surface area contributed by atoms with E-state index in [1.54, 1.807) is 5.37 Å². The summed E-state index contributed by atoms with van der Waals surface area (Å²) in [5, 5.41) is 4.95. The molecule has 1 heterocycles. The van der Waals surface area contributed by atoms with Crippen LogP contribution < -0.4 is 5.32 Å². The van der Waals surface area contributed by atoms with Gasteiger partial charge < -0.3 is 5.32 Å². The molecule has 0 spiro atoms. The molecule has 0 fully saturated rings. The van der Waals surface area contributed by atoms with Gasteiger partial charge in [0.25, 0.3) is 0 Å². The maximum absolute atomic E-state index is 4.76. The van der Waals surface area contributed by atoms with Gasteiger partial charge >= 0.3 is 0 Å². The molecule has 2 heteroatoms. The summed E-state index contributed by atoms with van der Waals surface area (Å²) in [5.41, 5.74) is 3.74. The van der Waals surface area contributed by atoms with Crippen LogP contribution in [0.3, 0.4) is 0 Å². The maximum Gasteiger partial charge on any atom is 0.0418 e. The predicted molar refractivity (Wildman–Crippen MR) is 55.5 cm³/mol. The van der Waals surface area contributed by atoms with Crippen LogP contribution in [-0.4, -0.2) is 5.37 Å². The fourth-order valence-corrected chi connectivity index (χ4v) is 1.57. The second-order valence-corrected chi connectivity index (χ2v) is 3.06. The highest BCUT2D eigenvalue weighted by molar-refractivity contribution is 7.79. The molecule has 0 aliphatic carbocycles. The van der Waals surface area contributed by atoms with Gasteiger partial charge in [-0.05, 0) is 17.7 Å². The maximum atomic E-state index is 4.76. The van der Waals surface area contributed by atoms with E-state index >= 15 is 0 Å². The van der Waals surface area contributed by atoms with Gasteiger partial charge in [0.15, 0.2) is 0 Å². The van der Waals surface area contributed by atoms with Crippen LogP contribution in [-0.2, 0) is 6.42 Å². The van der Waals surface area contributed by atoms with Crippen molar-refractivity contribution in [3.8, 4) is 0 Å². The van der Waals surface area contributed by atoms with Crippen molar-refractivity contribution >= 4 is 23.3 Å². The van der Waals surface area contributed by atoms with Gasteiger partial charge in [-0.1, -0.05) is 30.4 Å². The zero-order chi connectivity index (χ0) is 8.39. The van der Waals surface area contributed by atoms with Crippen LogP contribution in [0.2, 0.25) is 0 Å². The summed E-state index contributed by atoms with van der Waals surface area (Å²) in [6.45, 7) is 0. The molecule has 0 aromatic heterocycles. The SMILES string of the molecule is S=C/C=C1/Cc2ccccc2N1. The number of anilines is 1. The lowest BCUT2D eigenvalue weighted by Crippen LogP contribution is -1.90. The molecular weight excluding hydrogens is 166 g/mol. The molecule has 0 radical (unpaired) electrons. The van der Waals surface area contributed by atoms with E-state index < -0.39 is 0 Å². The lowest BCUT2D eigenvalue weighted by molar-refractivity contribution is 1.25. The number of thiocarbonyl (C=S) groups is 1. The third-order valence-electron chi connectivity index (χ3n) is 1.96. The molecule has 0 saturated heterocycles. The molecule has 1 N–H and O–H groups in total. The molecule has 0 saturated carbocycles. The highest BCUT2D eigenvalue weighted by Gasteiger charge is 2.11. The van der Waals surface area contributed by atoms with Crippen molar-refractivity contribution in [2.75, 3.05) is 5.32 Å². The smallest absolute Gasteiger partial charge is 0.0418 e. The van der Waals surface area contributed by atoms with Gasteiger partial charge in [-0.15, -0.1) is 0 Å². The van der Waals surface area contributed by atoms with E-state index in [0.717, 1.165) is 6.42 Å². The number of rotatable bonds is 1. The van der Waals surface area contributed by atoms with Gasteiger partial charge in [-0.25, -0.2) is 0 Å². The van der Waals surface area contributed by atoms with Gasteiger partial charge in [-0.3, -0.25) is 0 Å². The predicted octanol–water partition coefficient (Wildman–Crippen LogP) is 2.54. The standard InChI is InChI=1S/C10H9NS/c12-6-5-9-7-8-3-1-2-4-10(8)11-9/h1-6,11H,7H2/b9-5-. The summed E-state index contributed by atoms with van der Waals surface area (Å²) in [6.07, 6.45) is 2.92. The van der Waals surface area contributed by atoms with E-state index in [-0.39, 0.29) is 0 Å². The quantitative estimate of drug-likeness (QED) is 0.520. The molecule has 12 heavy (non-hydrogen) atoms. The summed E-state index contributed by atoms with van der Waals surface area (Å²) < 4.78 is 0. The minimum atomic E-state index is 0.976. The Balaban J connectivity index is 2.33. The molecule has 60 valence electrons. The molecule has 0 unspecified atom stereocenters. The second-order valence-electron chi connectivity index (χ2n) is 2.79. The molecule has 0 amide bonds. The number of nitrogens with one attached hydrogen (secondary N) is 1. The topological polar surface area (TPSA) is 12.0 Å². The zero-order valence-corrected chi connectivity index (χ0v) is 7.40. The number of benzene rings is 1. The average molecular weight is 175 g/mol. The van der Waals surface area contributed by atoms with Crippen LogP contribution in [0, 0.1) is 0 Å². The Labute approximate surface area is 77.1 Å². The summed E-state index contributed by atoms with van der Waals surface area (Å²) in [7, 11) is 0. The molecule has 1 aliphatic rings. The van der Waals surface area contributed by atoms with Crippen molar-refractivity contribution in [3.63, 3.8) is 0 Å². The Morgan fingerprint density at radius 2 is 2.17 bits per heavy atom. The van der Waals surface area contributed by atoms with E-state index in [0.29, 0.717) is 0 Å². The second kappa shape index (κ2) is 3.07. The zero-order valence-electron chi connectivity index (χ0n) is 6.58. The number of hydrogen-bond donors (Lipinski definition) is 1. The third-order valence-corrected chi connectivity index (χ3v) is 2.10. The van der Waals surface area contributed by atoms with E-state index in [4.69, 9.17) is 12.2 Å². The van der Waals surface area contributed by atoms with Crippen LogP contribution in [0.1, 0.15) is 5.56 Å². The molecule has 1 aromatic rings. The molecule has 2 rings (SSSR count). The normalized spacial score (nSPS) is 17.2. The Bertz CT molecular complexity index is 314. The van der Waals surface area contributed by atoms with Crippen molar-refractivity contribution < 1.29 is 0 Å². The third kappa shape index (κ3) is 1.25. The summed E-state index contributed by atoms with van der Waals surface area (Å²) in [5.74, 6) is 0. The van der Waals surface area contributed by atoms with Crippen molar-refractivity contribution in [3.05, 3.63) is 41.6 Å². The van der Waals surface area contributed by atoms with Crippen LogP contribution in [0.15, 0.2) is 36.0 Å². The molecule has 1 aliphatic heterocycles. The van der Waals surface area contributed by atoms with Gasteiger partial charge in [0.2, 0.25) is 0 Å². The van der Waals surface area contributed by atoms with E-state index in [2.05, 4.69) is 23.5 Å². The first kappa shape index (κ1) is 7.50. The fraction of sp³-hybridized carbons (Fsp3) is 0.100. The summed E-state index contributed by atoms with van der Waals surface area (Å²) >= 11 is 4.76. The number of allylic oxidation sites excluding steroid dienone is 2. The Hall–Kier alpha value is -1.15. The lowest BCUT2D eigenvalue weighted by atomic mass is 10.1. The minimum absolute atomic E-state index is 0.976. The van der Waals surface area contributed by atoms with Crippen molar-refractivity contribution in [1.82, 2.24) is 0 Å². The summed E-state index contributed by atoms with van der Waals surface area (Å²) in [4.78, 5) is 0. The average Bonchev–Trinajstić information content (AvgIpc) is 2.47. The fourth-order valence-electron chi connectivity index (χ4n) is 1.40. The Morgan fingerprint density at radius 3 is 2.92 bits per heavy atom. The molecule has 0 bridgehead atoms. The van der Waals surface area contributed by atoms with Crippen LogP contribution in [0.5, 0.6) is 0 Å². The first-order valence-corrected chi connectivity index (χ1v) is 4.36. The number of hydrogen-bond acceptors (Lipinski definition) is 2. The highest BCUT2D eigenvalue weighted by Crippen LogP contribution is 2.26. The van der Waals surface area contributed by atoms with Crippen LogP contribution >= 0.6 is 12.2 Å². The largest absolute Gasteiger partial charge is 0.358 e. The van der Waals surface area contributed by atoms with Crippen molar-refractivity contribution in [2.24, 2.45) is 0 Å². The van der Waals surface area contributed by atoms with Crippen molar-refractivity contribution in [1.29, 1.82) is 0 Å². The molecular formula is C10H9NS. The monoisotopic (exact) mass is 175 g/mol. The van der Waals surface area contributed by atoms with Crippen LogP contribution in [0.4, 0.5) is 5.69 Å². The first-order chi connectivity index (χ1) is 5.90. The number of para-hydroxylation sites is 1. The van der Waals surface area contributed by atoms with Gasteiger partial charge in [0.05, 0.1) is 0 Å². The Morgan fingerprint density at radius 1 is 1.33 bits per heavy atom. The Kier molecular flexibility index (Phi) is 1.92. The lowest BCUT2D eigenvalue weighted by Gasteiger charge is -1.96. The van der Waals surface area contributed by atoms with E-state index in [1.807, 2.05) is 12.1 Å². The molecule has 0 atom stereocenters. The van der Waals surface area contributed by atoms with Gasteiger partial charge in [0, 0.05) is 23.2 Å². The number of fused-ring (bicyclic) bond motifs is 1. The van der Waals surface area contributed by atoms with E-state index in [1.165, 1.54) is 16.9 Å².